The largest absolute Gasteiger partial charge is 0.319 e. The van der Waals surface area contributed by atoms with E-state index in [1.165, 1.54) is 12.1 Å². The average Bonchev–Trinajstić information content (AvgIpc) is 2.70. The van der Waals surface area contributed by atoms with Crippen LogP contribution in [0.1, 0.15) is 10.4 Å². The molecule has 0 unspecified atom stereocenters. The first-order valence-corrected chi connectivity index (χ1v) is 8.99. The molecule has 0 aliphatic carbocycles. The minimum atomic E-state index is -0.513. The summed E-state index contributed by atoms with van der Waals surface area (Å²) in [6.07, 6.45) is 1.67. The Morgan fingerprint density at radius 3 is 2.56 bits per heavy atom. The Labute approximate surface area is 163 Å². The summed E-state index contributed by atoms with van der Waals surface area (Å²) in [4.78, 5) is 21.8. The Balaban J connectivity index is 1.81. The van der Waals surface area contributed by atoms with Crippen molar-refractivity contribution in [3.8, 4) is 11.4 Å². The Morgan fingerprint density at radius 2 is 1.78 bits per heavy atom. The molecule has 4 aromatic rings. The molecule has 4 rings (SSSR count). The summed E-state index contributed by atoms with van der Waals surface area (Å²) >= 11 is 3.21. The number of anilines is 1. The summed E-state index contributed by atoms with van der Waals surface area (Å²) in [7, 11) is 0. The Bertz CT molecular complexity index is 1150. The van der Waals surface area contributed by atoms with Crippen LogP contribution in [-0.4, -0.2) is 15.9 Å². The van der Waals surface area contributed by atoms with E-state index in [0.717, 1.165) is 0 Å². The van der Waals surface area contributed by atoms with Crippen molar-refractivity contribution in [3.63, 3.8) is 0 Å². The molecule has 132 valence electrons. The van der Waals surface area contributed by atoms with Crippen LogP contribution in [0.3, 0.4) is 0 Å². The molecular formula is C21H13BrFN3O. The lowest BCUT2D eigenvalue weighted by atomic mass is 10.1. The highest BCUT2D eigenvalue weighted by molar-refractivity contribution is 9.10. The quantitative estimate of drug-likeness (QED) is 0.478. The first-order valence-electron chi connectivity index (χ1n) is 8.19. The molecule has 0 radical (unpaired) electrons. The lowest BCUT2D eigenvalue weighted by molar-refractivity contribution is 0.102. The van der Waals surface area contributed by atoms with Gasteiger partial charge >= 0.3 is 0 Å². The van der Waals surface area contributed by atoms with E-state index in [2.05, 4.69) is 31.2 Å². The van der Waals surface area contributed by atoms with Crippen LogP contribution in [0.2, 0.25) is 0 Å². The molecule has 2 aromatic heterocycles. The standard InChI is InChI=1S/C21H13BrFN3O/c22-13-8-9-18(16(23)11-13)26-21(27)15-12-20(19-7-3-4-10-24-19)25-17-6-2-1-5-14(15)17/h1-12H,(H,26,27). The van der Waals surface area contributed by atoms with Gasteiger partial charge < -0.3 is 5.32 Å². The minimum Gasteiger partial charge on any atom is -0.319 e. The van der Waals surface area contributed by atoms with Crippen molar-refractivity contribution in [2.75, 3.05) is 5.32 Å². The van der Waals surface area contributed by atoms with Crippen molar-refractivity contribution in [2.24, 2.45) is 0 Å². The molecule has 27 heavy (non-hydrogen) atoms. The Morgan fingerprint density at radius 1 is 0.963 bits per heavy atom. The summed E-state index contributed by atoms with van der Waals surface area (Å²) in [5, 5.41) is 3.33. The lowest BCUT2D eigenvalue weighted by Gasteiger charge is -2.11. The minimum absolute atomic E-state index is 0.114. The topological polar surface area (TPSA) is 54.9 Å². The number of amides is 1. The van der Waals surface area contributed by atoms with Crippen molar-refractivity contribution in [1.29, 1.82) is 0 Å². The maximum absolute atomic E-state index is 14.1. The van der Waals surface area contributed by atoms with Gasteiger partial charge in [-0.2, -0.15) is 0 Å². The van der Waals surface area contributed by atoms with E-state index in [0.29, 0.717) is 32.3 Å². The maximum Gasteiger partial charge on any atom is 0.256 e. The third-order valence-electron chi connectivity index (χ3n) is 4.07. The zero-order valence-electron chi connectivity index (χ0n) is 14.0. The number of fused-ring (bicyclic) bond motifs is 1. The number of rotatable bonds is 3. The number of para-hydroxylation sites is 1. The molecule has 1 amide bonds. The Kier molecular flexibility index (Phi) is 4.64. The fraction of sp³-hybridized carbons (Fsp3) is 0. The molecule has 0 saturated carbocycles. The second-order valence-electron chi connectivity index (χ2n) is 5.87. The number of hydrogen-bond acceptors (Lipinski definition) is 3. The van der Waals surface area contributed by atoms with Gasteiger partial charge in [-0.05, 0) is 42.5 Å². The predicted octanol–water partition coefficient (Wildman–Crippen LogP) is 5.45. The van der Waals surface area contributed by atoms with E-state index >= 15 is 0 Å². The molecule has 0 bridgehead atoms. The van der Waals surface area contributed by atoms with E-state index in [-0.39, 0.29) is 5.69 Å². The number of pyridine rings is 2. The van der Waals surface area contributed by atoms with Gasteiger partial charge in [0.05, 0.1) is 28.2 Å². The molecule has 2 heterocycles. The number of halogens is 2. The number of benzene rings is 2. The third kappa shape index (κ3) is 3.57. The van der Waals surface area contributed by atoms with Crippen molar-refractivity contribution >= 4 is 38.4 Å². The summed E-state index contributed by atoms with van der Waals surface area (Å²) in [5.74, 6) is -0.923. The second-order valence-corrected chi connectivity index (χ2v) is 6.78. The summed E-state index contributed by atoms with van der Waals surface area (Å²) in [6.45, 7) is 0. The fourth-order valence-corrected chi connectivity index (χ4v) is 3.12. The van der Waals surface area contributed by atoms with E-state index in [1.54, 1.807) is 18.3 Å². The monoisotopic (exact) mass is 421 g/mol. The van der Waals surface area contributed by atoms with Crippen molar-refractivity contribution in [1.82, 2.24) is 9.97 Å². The van der Waals surface area contributed by atoms with Gasteiger partial charge in [-0.1, -0.05) is 40.2 Å². The molecule has 0 aliphatic heterocycles. The molecule has 4 nitrogen and oxygen atoms in total. The van der Waals surface area contributed by atoms with Crippen molar-refractivity contribution in [3.05, 3.63) is 88.8 Å². The Hall–Kier alpha value is -3.12. The van der Waals surface area contributed by atoms with Crippen LogP contribution in [0, 0.1) is 5.82 Å². The SMILES string of the molecule is O=C(Nc1ccc(Br)cc1F)c1cc(-c2ccccn2)nc2ccccc12. The molecule has 0 spiro atoms. The van der Waals surface area contributed by atoms with Crippen LogP contribution < -0.4 is 5.32 Å². The maximum atomic E-state index is 14.1. The van der Waals surface area contributed by atoms with E-state index in [1.807, 2.05) is 42.5 Å². The zero-order chi connectivity index (χ0) is 18.8. The highest BCUT2D eigenvalue weighted by atomic mass is 79.9. The van der Waals surface area contributed by atoms with Gasteiger partial charge in [-0.3, -0.25) is 9.78 Å². The number of hydrogen-bond donors (Lipinski definition) is 1. The summed E-state index contributed by atoms with van der Waals surface area (Å²) < 4.78 is 14.7. The van der Waals surface area contributed by atoms with Crippen molar-refractivity contribution in [2.45, 2.75) is 0 Å². The average molecular weight is 422 g/mol. The second kappa shape index (κ2) is 7.25. The van der Waals surface area contributed by atoms with E-state index < -0.39 is 11.7 Å². The van der Waals surface area contributed by atoms with Gasteiger partial charge in [0.1, 0.15) is 5.82 Å². The van der Waals surface area contributed by atoms with Gasteiger partial charge in [0.25, 0.3) is 5.91 Å². The summed E-state index contributed by atoms with van der Waals surface area (Å²) in [5.41, 5.74) is 2.43. The van der Waals surface area contributed by atoms with Crippen molar-refractivity contribution < 1.29 is 9.18 Å². The van der Waals surface area contributed by atoms with Gasteiger partial charge in [0, 0.05) is 16.1 Å². The molecule has 0 aliphatic rings. The lowest BCUT2D eigenvalue weighted by Crippen LogP contribution is -2.14. The smallest absolute Gasteiger partial charge is 0.256 e. The zero-order valence-corrected chi connectivity index (χ0v) is 15.6. The van der Waals surface area contributed by atoms with Gasteiger partial charge in [0.2, 0.25) is 0 Å². The van der Waals surface area contributed by atoms with Crippen LogP contribution in [0.15, 0.2) is 77.4 Å². The van der Waals surface area contributed by atoms with E-state index in [9.17, 15) is 9.18 Å². The van der Waals surface area contributed by atoms with Crippen LogP contribution in [0.25, 0.3) is 22.3 Å². The van der Waals surface area contributed by atoms with Crippen LogP contribution in [-0.2, 0) is 0 Å². The number of carbonyl (C=O) groups excluding carboxylic acids is 1. The van der Waals surface area contributed by atoms with Gasteiger partial charge in [-0.15, -0.1) is 0 Å². The fourth-order valence-electron chi connectivity index (χ4n) is 2.79. The molecule has 0 saturated heterocycles. The van der Waals surface area contributed by atoms with Crippen LogP contribution in [0.4, 0.5) is 10.1 Å². The first-order chi connectivity index (χ1) is 13.1. The molecule has 1 N–H and O–H groups in total. The summed E-state index contributed by atoms with van der Waals surface area (Å²) in [6, 6.07) is 19.0. The highest BCUT2D eigenvalue weighted by Gasteiger charge is 2.16. The predicted molar refractivity (Wildman–Crippen MR) is 107 cm³/mol. The molecule has 6 heteroatoms. The highest BCUT2D eigenvalue weighted by Crippen LogP contribution is 2.25. The van der Waals surface area contributed by atoms with Crippen LogP contribution in [0.5, 0.6) is 0 Å². The molecular weight excluding hydrogens is 409 g/mol. The number of nitrogens with one attached hydrogen (secondary N) is 1. The number of aromatic nitrogens is 2. The third-order valence-corrected chi connectivity index (χ3v) is 4.56. The first kappa shape index (κ1) is 17.3. The number of carbonyl (C=O) groups is 1. The normalized spacial score (nSPS) is 10.7. The van der Waals surface area contributed by atoms with Gasteiger partial charge in [0.15, 0.2) is 0 Å². The number of nitrogens with zero attached hydrogens (tertiary/aromatic N) is 2. The van der Waals surface area contributed by atoms with Gasteiger partial charge in [-0.25, -0.2) is 9.37 Å². The van der Waals surface area contributed by atoms with Crippen LogP contribution >= 0.6 is 15.9 Å². The molecule has 0 fully saturated rings. The van der Waals surface area contributed by atoms with E-state index in [4.69, 9.17) is 0 Å². The molecule has 2 aromatic carbocycles. The molecule has 0 atom stereocenters.